The van der Waals surface area contributed by atoms with E-state index in [1.165, 1.54) is 31.1 Å². The first-order valence-electron chi connectivity index (χ1n) is 11.8. The van der Waals surface area contributed by atoms with Crippen molar-refractivity contribution >= 4 is 17.5 Å². The van der Waals surface area contributed by atoms with Crippen molar-refractivity contribution in [3.05, 3.63) is 83.3 Å². The fourth-order valence-electron chi connectivity index (χ4n) is 3.75. The van der Waals surface area contributed by atoms with Gasteiger partial charge in [-0.05, 0) is 68.0 Å². The van der Waals surface area contributed by atoms with Crippen LogP contribution in [0.15, 0.2) is 61.3 Å². The minimum absolute atomic E-state index is 0.117. The predicted octanol–water partition coefficient (Wildman–Crippen LogP) is 4.21. The van der Waals surface area contributed by atoms with E-state index in [9.17, 15) is 18.0 Å². The first-order valence-corrected chi connectivity index (χ1v) is 12.1. The van der Waals surface area contributed by atoms with Crippen molar-refractivity contribution in [1.29, 1.82) is 0 Å². The SMILES string of the molecule is CC(NC(=O)C(C)(C)Oc1ccc(C(F)(F)F)cn1)C(Cc1ccc(Cl)cn1)c1cc(-n2cnnn2)ccn1. The van der Waals surface area contributed by atoms with Crippen molar-refractivity contribution in [2.75, 3.05) is 0 Å². The molecule has 204 valence electrons. The number of amides is 1. The number of carbonyl (C=O) groups excluding carboxylic acids is 1. The summed E-state index contributed by atoms with van der Waals surface area (Å²) in [5.74, 6) is -0.963. The normalized spacial score (nSPS) is 13.5. The molecule has 4 aromatic heterocycles. The average molecular weight is 561 g/mol. The molecule has 2 unspecified atom stereocenters. The molecule has 39 heavy (non-hydrogen) atoms. The molecule has 0 saturated heterocycles. The summed E-state index contributed by atoms with van der Waals surface area (Å²) in [6, 6.07) is 8.51. The van der Waals surface area contributed by atoms with Crippen LogP contribution in [0.1, 0.15) is 43.6 Å². The largest absolute Gasteiger partial charge is 0.462 e. The van der Waals surface area contributed by atoms with Gasteiger partial charge in [0.2, 0.25) is 5.88 Å². The summed E-state index contributed by atoms with van der Waals surface area (Å²) in [6.07, 6.45) is 1.15. The molecule has 0 saturated carbocycles. The third kappa shape index (κ3) is 7.05. The summed E-state index contributed by atoms with van der Waals surface area (Å²) in [4.78, 5) is 25.9. The topological polar surface area (TPSA) is 121 Å². The Kier molecular flexibility index (Phi) is 8.09. The number of carbonyl (C=O) groups is 1. The van der Waals surface area contributed by atoms with Gasteiger partial charge in [0.25, 0.3) is 5.91 Å². The second-order valence-electron chi connectivity index (χ2n) is 9.23. The van der Waals surface area contributed by atoms with E-state index in [1.807, 2.05) is 13.0 Å². The standard InChI is InChI=1S/C25H24ClF3N8O2/c1-15(34-23(38)24(2,3)39-22-7-4-16(12-32-22)25(27,28)29)20(10-18-6-5-17(26)13-31-18)21-11-19(8-9-30-21)37-14-33-35-36-37/h4-9,11-15,20H,10H2,1-3H3,(H,34,38). The number of nitrogens with one attached hydrogen (secondary N) is 1. The number of ether oxygens (including phenoxy) is 1. The molecular weight excluding hydrogens is 537 g/mol. The maximum absolute atomic E-state index is 13.3. The number of aromatic nitrogens is 7. The lowest BCUT2D eigenvalue weighted by molar-refractivity contribution is -0.138. The Balaban J connectivity index is 1.55. The van der Waals surface area contributed by atoms with Gasteiger partial charge < -0.3 is 10.1 Å². The molecular formula is C25H24ClF3N8O2. The maximum Gasteiger partial charge on any atom is 0.417 e. The van der Waals surface area contributed by atoms with Gasteiger partial charge in [0, 0.05) is 48.0 Å². The first-order chi connectivity index (χ1) is 18.4. The van der Waals surface area contributed by atoms with Gasteiger partial charge in [-0.25, -0.2) is 9.67 Å². The van der Waals surface area contributed by atoms with Crippen LogP contribution in [0.2, 0.25) is 5.02 Å². The molecule has 14 heteroatoms. The van der Waals surface area contributed by atoms with Crippen LogP contribution in [0.25, 0.3) is 5.69 Å². The summed E-state index contributed by atoms with van der Waals surface area (Å²) in [6.45, 7) is 4.82. The van der Waals surface area contributed by atoms with E-state index >= 15 is 0 Å². The molecule has 2 atom stereocenters. The lowest BCUT2D eigenvalue weighted by Crippen LogP contribution is -2.51. The Morgan fingerprint density at radius 2 is 1.90 bits per heavy atom. The van der Waals surface area contributed by atoms with Gasteiger partial charge in [-0.15, -0.1) is 5.10 Å². The minimum atomic E-state index is -4.53. The number of rotatable bonds is 9. The Morgan fingerprint density at radius 3 is 2.51 bits per heavy atom. The summed E-state index contributed by atoms with van der Waals surface area (Å²) < 4.78 is 45.7. The van der Waals surface area contributed by atoms with E-state index in [0.29, 0.717) is 29.0 Å². The van der Waals surface area contributed by atoms with Crippen molar-refractivity contribution in [2.24, 2.45) is 0 Å². The molecule has 0 fully saturated rings. The Labute approximate surface area is 226 Å². The molecule has 0 aliphatic carbocycles. The van der Waals surface area contributed by atoms with Gasteiger partial charge in [-0.3, -0.25) is 14.8 Å². The molecule has 1 amide bonds. The van der Waals surface area contributed by atoms with Crippen LogP contribution in [0.3, 0.4) is 0 Å². The Morgan fingerprint density at radius 1 is 1.10 bits per heavy atom. The second-order valence-corrected chi connectivity index (χ2v) is 9.67. The highest BCUT2D eigenvalue weighted by Gasteiger charge is 2.35. The van der Waals surface area contributed by atoms with Gasteiger partial charge in [0.15, 0.2) is 5.60 Å². The fourth-order valence-corrected chi connectivity index (χ4v) is 3.86. The van der Waals surface area contributed by atoms with E-state index in [0.717, 1.165) is 17.8 Å². The van der Waals surface area contributed by atoms with E-state index in [1.54, 1.807) is 24.4 Å². The first kappa shape index (κ1) is 27.9. The van der Waals surface area contributed by atoms with E-state index < -0.39 is 29.3 Å². The van der Waals surface area contributed by atoms with E-state index in [2.05, 4.69) is 35.8 Å². The van der Waals surface area contributed by atoms with Crippen LogP contribution in [0.4, 0.5) is 13.2 Å². The molecule has 4 aromatic rings. The van der Waals surface area contributed by atoms with Gasteiger partial charge in [0.1, 0.15) is 6.33 Å². The van der Waals surface area contributed by atoms with Crippen LogP contribution in [0.5, 0.6) is 5.88 Å². The number of hydrogen-bond donors (Lipinski definition) is 1. The summed E-state index contributed by atoms with van der Waals surface area (Å²) in [5, 5.41) is 14.7. The van der Waals surface area contributed by atoms with Crippen molar-refractivity contribution in [2.45, 2.75) is 50.9 Å². The Hall–Kier alpha value is -4.13. The number of tetrazole rings is 1. The van der Waals surface area contributed by atoms with Crippen molar-refractivity contribution in [1.82, 2.24) is 40.5 Å². The highest BCUT2D eigenvalue weighted by Crippen LogP contribution is 2.30. The lowest BCUT2D eigenvalue weighted by Gasteiger charge is -2.30. The molecule has 0 spiro atoms. The van der Waals surface area contributed by atoms with E-state index in [-0.39, 0.29) is 11.8 Å². The zero-order valence-electron chi connectivity index (χ0n) is 21.1. The van der Waals surface area contributed by atoms with Gasteiger partial charge >= 0.3 is 6.18 Å². The maximum atomic E-state index is 13.3. The van der Waals surface area contributed by atoms with Crippen LogP contribution < -0.4 is 10.1 Å². The van der Waals surface area contributed by atoms with Crippen LogP contribution in [0, 0.1) is 0 Å². The molecule has 0 aliphatic rings. The minimum Gasteiger partial charge on any atom is -0.462 e. The van der Waals surface area contributed by atoms with Gasteiger partial charge in [-0.1, -0.05) is 11.6 Å². The molecule has 0 radical (unpaired) electrons. The fraction of sp³-hybridized carbons (Fsp3) is 0.320. The molecule has 4 heterocycles. The van der Waals surface area contributed by atoms with Gasteiger partial charge in [0.05, 0.1) is 16.3 Å². The molecule has 0 aliphatic heterocycles. The van der Waals surface area contributed by atoms with Crippen LogP contribution in [-0.4, -0.2) is 52.7 Å². The quantitative estimate of drug-likeness (QED) is 0.323. The number of hydrogen-bond acceptors (Lipinski definition) is 8. The van der Waals surface area contributed by atoms with Crippen LogP contribution >= 0.6 is 11.6 Å². The molecule has 0 bridgehead atoms. The number of pyridine rings is 3. The smallest absolute Gasteiger partial charge is 0.417 e. The number of halogens is 4. The van der Waals surface area contributed by atoms with Crippen molar-refractivity contribution < 1.29 is 22.7 Å². The number of nitrogens with zero attached hydrogens (tertiary/aromatic N) is 7. The highest BCUT2D eigenvalue weighted by atomic mass is 35.5. The molecule has 10 nitrogen and oxygen atoms in total. The summed E-state index contributed by atoms with van der Waals surface area (Å²) >= 11 is 5.99. The van der Waals surface area contributed by atoms with Gasteiger partial charge in [-0.2, -0.15) is 13.2 Å². The highest BCUT2D eigenvalue weighted by molar-refractivity contribution is 6.30. The monoisotopic (exact) mass is 560 g/mol. The van der Waals surface area contributed by atoms with E-state index in [4.69, 9.17) is 16.3 Å². The lowest BCUT2D eigenvalue weighted by atomic mass is 9.90. The number of alkyl halides is 3. The molecule has 0 aromatic carbocycles. The van der Waals surface area contributed by atoms with Crippen molar-refractivity contribution in [3.8, 4) is 11.6 Å². The zero-order chi connectivity index (χ0) is 28.2. The second kappa shape index (κ2) is 11.3. The van der Waals surface area contributed by atoms with Crippen molar-refractivity contribution in [3.63, 3.8) is 0 Å². The summed E-state index contributed by atoms with van der Waals surface area (Å²) in [5.41, 5.74) is -0.318. The zero-order valence-corrected chi connectivity index (χ0v) is 21.9. The summed E-state index contributed by atoms with van der Waals surface area (Å²) in [7, 11) is 0. The molecule has 1 N–H and O–H groups in total. The third-order valence-corrected chi connectivity index (χ3v) is 6.13. The van der Waals surface area contributed by atoms with Crippen LogP contribution in [-0.2, 0) is 17.4 Å². The average Bonchev–Trinajstić information content (AvgIpc) is 3.43. The molecule has 4 rings (SSSR count). The predicted molar refractivity (Wildman–Crippen MR) is 134 cm³/mol. The Bertz CT molecular complexity index is 1400. The third-order valence-electron chi connectivity index (χ3n) is 5.91.